The summed E-state index contributed by atoms with van der Waals surface area (Å²) < 4.78 is 36.6. The number of hydrogen-bond acceptors (Lipinski definition) is 3. The lowest BCUT2D eigenvalue weighted by molar-refractivity contribution is 0.596. The minimum absolute atomic E-state index is 0.0193. The van der Waals surface area contributed by atoms with E-state index in [0.717, 1.165) is 11.1 Å². The summed E-state index contributed by atoms with van der Waals surface area (Å²) in [5, 5.41) is 8.47. The van der Waals surface area contributed by atoms with E-state index in [1.165, 1.54) is 24.3 Å². The van der Waals surface area contributed by atoms with E-state index in [2.05, 4.69) is 0 Å². The second-order valence-electron chi connectivity index (χ2n) is 4.68. The molecule has 0 bridgehead atoms. The Bertz CT molecular complexity index is 801. The first-order valence-electron chi connectivity index (χ1n) is 6.65. The SMILES string of the molecule is N#CCCS(=O)(=O)c1ccc(C=Cc2ccc(F)cc2)cc1. The summed E-state index contributed by atoms with van der Waals surface area (Å²) in [6.07, 6.45) is 3.62. The fourth-order valence-corrected chi connectivity index (χ4v) is 3.00. The Morgan fingerprint density at radius 1 is 0.955 bits per heavy atom. The molecule has 0 aliphatic heterocycles. The predicted molar refractivity (Wildman–Crippen MR) is 84.1 cm³/mol. The lowest BCUT2D eigenvalue weighted by atomic mass is 10.1. The molecule has 0 atom stereocenters. The second kappa shape index (κ2) is 7.01. The molecule has 0 aliphatic rings. The van der Waals surface area contributed by atoms with Crippen LogP contribution in [0.1, 0.15) is 17.5 Å². The van der Waals surface area contributed by atoms with E-state index in [1.807, 2.05) is 18.2 Å². The van der Waals surface area contributed by atoms with E-state index >= 15 is 0 Å². The van der Waals surface area contributed by atoms with Gasteiger partial charge in [0, 0.05) is 6.42 Å². The first kappa shape index (κ1) is 15.9. The van der Waals surface area contributed by atoms with Gasteiger partial charge in [-0.3, -0.25) is 0 Å². The fourth-order valence-electron chi connectivity index (χ4n) is 1.85. The molecule has 22 heavy (non-hydrogen) atoms. The van der Waals surface area contributed by atoms with Gasteiger partial charge in [-0.1, -0.05) is 36.4 Å². The number of sulfone groups is 1. The molecular weight excluding hydrogens is 301 g/mol. The zero-order valence-electron chi connectivity index (χ0n) is 11.7. The molecule has 112 valence electrons. The van der Waals surface area contributed by atoms with Gasteiger partial charge in [-0.25, -0.2) is 12.8 Å². The van der Waals surface area contributed by atoms with E-state index in [-0.39, 0.29) is 22.9 Å². The van der Waals surface area contributed by atoms with Crippen LogP contribution in [0, 0.1) is 17.1 Å². The van der Waals surface area contributed by atoms with E-state index in [9.17, 15) is 12.8 Å². The van der Waals surface area contributed by atoms with Crippen LogP contribution in [-0.4, -0.2) is 14.2 Å². The Morgan fingerprint density at radius 2 is 1.45 bits per heavy atom. The van der Waals surface area contributed by atoms with E-state index in [0.29, 0.717) is 0 Å². The molecule has 0 saturated carbocycles. The van der Waals surface area contributed by atoms with Crippen molar-refractivity contribution in [1.82, 2.24) is 0 Å². The molecule has 0 spiro atoms. The van der Waals surface area contributed by atoms with Crippen LogP contribution in [0.15, 0.2) is 53.4 Å². The fraction of sp³-hybridized carbons (Fsp3) is 0.118. The average Bonchev–Trinajstić information content (AvgIpc) is 2.53. The molecular formula is C17H14FNO2S. The zero-order valence-corrected chi connectivity index (χ0v) is 12.6. The van der Waals surface area contributed by atoms with Gasteiger partial charge in [-0.15, -0.1) is 0 Å². The van der Waals surface area contributed by atoms with Gasteiger partial charge < -0.3 is 0 Å². The van der Waals surface area contributed by atoms with Crippen LogP contribution in [0.4, 0.5) is 4.39 Å². The molecule has 0 radical (unpaired) electrons. The summed E-state index contributed by atoms with van der Waals surface area (Å²) >= 11 is 0. The maximum Gasteiger partial charge on any atom is 0.179 e. The quantitative estimate of drug-likeness (QED) is 0.791. The Labute approximate surface area is 129 Å². The monoisotopic (exact) mass is 315 g/mol. The third kappa shape index (κ3) is 4.27. The summed E-state index contributed by atoms with van der Waals surface area (Å²) in [6, 6.07) is 14.3. The molecule has 2 aromatic rings. The van der Waals surface area contributed by atoms with Crippen molar-refractivity contribution in [1.29, 1.82) is 5.26 Å². The topological polar surface area (TPSA) is 57.9 Å². The number of hydrogen-bond donors (Lipinski definition) is 0. The molecule has 0 amide bonds. The molecule has 0 fully saturated rings. The van der Waals surface area contributed by atoms with Gasteiger partial charge in [-0.05, 0) is 35.4 Å². The number of halogens is 1. The van der Waals surface area contributed by atoms with Gasteiger partial charge in [0.2, 0.25) is 0 Å². The van der Waals surface area contributed by atoms with Crippen LogP contribution in [0.25, 0.3) is 12.2 Å². The minimum atomic E-state index is -3.40. The van der Waals surface area contributed by atoms with Crippen molar-refractivity contribution in [3.63, 3.8) is 0 Å². The van der Waals surface area contributed by atoms with Gasteiger partial charge in [0.15, 0.2) is 9.84 Å². The number of nitriles is 1. The highest BCUT2D eigenvalue weighted by Gasteiger charge is 2.13. The molecule has 3 nitrogen and oxygen atoms in total. The lowest BCUT2D eigenvalue weighted by Gasteiger charge is -2.02. The normalized spacial score (nSPS) is 11.5. The van der Waals surface area contributed by atoms with E-state index in [1.54, 1.807) is 24.3 Å². The Balaban J connectivity index is 2.12. The van der Waals surface area contributed by atoms with Gasteiger partial charge >= 0.3 is 0 Å². The Kier molecular flexibility index (Phi) is 5.08. The zero-order chi connectivity index (χ0) is 16.0. The smallest absolute Gasteiger partial charge is 0.179 e. The third-order valence-corrected chi connectivity index (χ3v) is 4.79. The van der Waals surface area contributed by atoms with E-state index < -0.39 is 9.84 Å². The highest BCUT2D eigenvalue weighted by atomic mass is 32.2. The van der Waals surface area contributed by atoms with Crippen molar-refractivity contribution < 1.29 is 12.8 Å². The standard InChI is InChI=1S/C17H14FNO2S/c18-16-8-4-14(5-9-16)2-3-15-6-10-17(11-7-15)22(20,21)13-1-12-19/h2-11H,1,13H2. The first-order chi connectivity index (χ1) is 10.5. The highest BCUT2D eigenvalue weighted by molar-refractivity contribution is 7.91. The van der Waals surface area contributed by atoms with Crippen LogP contribution < -0.4 is 0 Å². The maximum atomic E-state index is 12.8. The van der Waals surface area contributed by atoms with Crippen molar-refractivity contribution in [2.75, 3.05) is 5.75 Å². The van der Waals surface area contributed by atoms with Crippen LogP contribution in [0.3, 0.4) is 0 Å². The summed E-state index contributed by atoms with van der Waals surface area (Å²) in [7, 11) is -3.40. The van der Waals surface area contributed by atoms with Crippen molar-refractivity contribution in [2.45, 2.75) is 11.3 Å². The second-order valence-corrected chi connectivity index (χ2v) is 6.79. The number of rotatable bonds is 5. The van der Waals surface area contributed by atoms with Gasteiger partial charge in [-0.2, -0.15) is 5.26 Å². The average molecular weight is 315 g/mol. The molecule has 0 aliphatic carbocycles. The minimum Gasteiger partial charge on any atom is -0.224 e. The molecule has 2 aromatic carbocycles. The molecule has 0 unspecified atom stereocenters. The summed E-state index contributed by atoms with van der Waals surface area (Å²) in [4.78, 5) is 0.210. The van der Waals surface area contributed by atoms with Crippen molar-refractivity contribution in [3.8, 4) is 6.07 Å². The largest absolute Gasteiger partial charge is 0.224 e. The van der Waals surface area contributed by atoms with Gasteiger partial charge in [0.25, 0.3) is 0 Å². The van der Waals surface area contributed by atoms with Gasteiger partial charge in [0.1, 0.15) is 5.82 Å². The molecule has 0 saturated heterocycles. The maximum absolute atomic E-state index is 12.8. The van der Waals surface area contributed by atoms with Crippen LogP contribution in [0.5, 0.6) is 0 Å². The number of benzene rings is 2. The third-order valence-electron chi connectivity index (χ3n) is 3.06. The Morgan fingerprint density at radius 3 is 1.95 bits per heavy atom. The highest BCUT2D eigenvalue weighted by Crippen LogP contribution is 2.15. The van der Waals surface area contributed by atoms with Crippen molar-refractivity contribution >= 4 is 22.0 Å². The Hall–Kier alpha value is -2.45. The molecule has 2 rings (SSSR count). The summed E-state index contributed by atoms with van der Waals surface area (Å²) in [6.45, 7) is 0. The number of nitrogens with zero attached hydrogens (tertiary/aromatic N) is 1. The summed E-state index contributed by atoms with van der Waals surface area (Å²) in [5.41, 5.74) is 1.69. The molecule has 0 N–H and O–H groups in total. The molecule has 0 aromatic heterocycles. The summed E-state index contributed by atoms with van der Waals surface area (Å²) in [5.74, 6) is -0.460. The predicted octanol–water partition coefficient (Wildman–Crippen LogP) is 3.68. The molecule has 5 heteroatoms. The van der Waals surface area contributed by atoms with Crippen molar-refractivity contribution in [3.05, 3.63) is 65.5 Å². The van der Waals surface area contributed by atoms with E-state index in [4.69, 9.17) is 5.26 Å². The molecule has 0 heterocycles. The van der Waals surface area contributed by atoms with Gasteiger partial charge in [0.05, 0.1) is 16.7 Å². The van der Waals surface area contributed by atoms with Crippen LogP contribution in [-0.2, 0) is 9.84 Å². The van der Waals surface area contributed by atoms with Crippen molar-refractivity contribution in [2.24, 2.45) is 0 Å². The lowest BCUT2D eigenvalue weighted by Crippen LogP contribution is -2.05. The first-order valence-corrected chi connectivity index (χ1v) is 8.30. The van der Waals surface area contributed by atoms with Crippen LogP contribution >= 0.6 is 0 Å². The van der Waals surface area contributed by atoms with Crippen LogP contribution in [0.2, 0.25) is 0 Å².